The average Bonchev–Trinajstić information content (AvgIpc) is 2.70. The minimum Gasteiger partial charge on any atom is -0.496 e. The molecule has 1 saturated heterocycles. The van der Waals surface area contributed by atoms with E-state index >= 15 is 0 Å². The number of halogens is 2. The van der Waals surface area contributed by atoms with Gasteiger partial charge in [0.25, 0.3) is 20.2 Å². The molecule has 1 aliphatic rings. The van der Waals surface area contributed by atoms with E-state index in [1.807, 2.05) is 24.3 Å². The third-order valence-electron chi connectivity index (χ3n) is 4.46. The van der Waals surface area contributed by atoms with Gasteiger partial charge in [0, 0.05) is 29.2 Å². The van der Waals surface area contributed by atoms with Crippen LogP contribution in [0.2, 0.25) is 5.02 Å². The summed E-state index contributed by atoms with van der Waals surface area (Å²) in [5, 5.41) is 7.78. The fraction of sp³-hybridized carbons (Fsp3) is 0.429. The second-order valence-electron chi connectivity index (χ2n) is 7.54. The first-order valence-electron chi connectivity index (χ1n) is 10.1. The zero-order valence-corrected chi connectivity index (χ0v) is 21.4. The summed E-state index contributed by atoms with van der Waals surface area (Å²) in [7, 11) is -5.68. The standard InChI is InChI=1S/C19H22ClFN2O.2CH4O3S/c1-24-18-8-7-15(20)10-14(18)12-23-17-6-3-9-22-19(17)13-4-2-5-16(21)11-13;2*1-5(2,3)4/h2,4-5,7-8,10-11,17,19,22-23H,3,6,9,12H2,1H3;2*1H3,(H,2,3,4)/t17-,19-;;/m1../s1. The second-order valence-corrected chi connectivity index (χ2v) is 10.9. The van der Waals surface area contributed by atoms with Gasteiger partial charge in [-0.25, -0.2) is 4.39 Å². The van der Waals surface area contributed by atoms with Gasteiger partial charge in [0.05, 0.1) is 19.6 Å². The fourth-order valence-corrected chi connectivity index (χ4v) is 3.48. The lowest BCUT2D eigenvalue weighted by atomic mass is 9.92. The van der Waals surface area contributed by atoms with Gasteiger partial charge in [-0.1, -0.05) is 23.7 Å². The summed E-state index contributed by atoms with van der Waals surface area (Å²) >= 11 is 6.10. The largest absolute Gasteiger partial charge is 0.496 e. The van der Waals surface area contributed by atoms with Gasteiger partial charge in [0.2, 0.25) is 0 Å². The van der Waals surface area contributed by atoms with E-state index in [1.165, 1.54) is 6.07 Å². The van der Waals surface area contributed by atoms with Gasteiger partial charge < -0.3 is 15.4 Å². The summed E-state index contributed by atoms with van der Waals surface area (Å²) < 4.78 is 70.7. The second kappa shape index (κ2) is 13.9. The third-order valence-corrected chi connectivity index (χ3v) is 4.70. The molecule has 1 fully saturated rings. The summed E-state index contributed by atoms with van der Waals surface area (Å²) in [6.07, 6.45) is 3.56. The molecule has 2 atom stereocenters. The van der Waals surface area contributed by atoms with Crippen LogP contribution in [-0.4, -0.2) is 58.1 Å². The quantitative estimate of drug-likeness (QED) is 0.421. The van der Waals surface area contributed by atoms with Crippen molar-refractivity contribution in [1.82, 2.24) is 10.6 Å². The van der Waals surface area contributed by atoms with E-state index in [2.05, 4.69) is 10.6 Å². The van der Waals surface area contributed by atoms with E-state index < -0.39 is 20.2 Å². The molecule has 2 aromatic carbocycles. The number of nitrogens with one attached hydrogen (secondary N) is 2. The van der Waals surface area contributed by atoms with Crippen LogP contribution in [0.25, 0.3) is 0 Å². The summed E-state index contributed by atoms with van der Waals surface area (Å²) in [6, 6.07) is 12.8. The lowest BCUT2D eigenvalue weighted by Crippen LogP contribution is -2.45. The first kappa shape index (κ1) is 30.2. The Labute approximate surface area is 205 Å². The number of ether oxygens (including phenoxy) is 1. The summed E-state index contributed by atoms with van der Waals surface area (Å²) in [6.45, 7) is 1.60. The number of rotatable bonds is 5. The Bertz CT molecular complexity index is 1090. The molecule has 0 bridgehead atoms. The van der Waals surface area contributed by atoms with Gasteiger partial charge in [-0.3, -0.25) is 9.11 Å². The highest BCUT2D eigenvalue weighted by molar-refractivity contribution is 7.85. The van der Waals surface area contributed by atoms with Gasteiger partial charge in [0.15, 0.2) is 0 Å². The van der Waals surface area contributed by atoms with Crippen LogP contribution >= 0.6 is 11.6 Å². The lowest BCUT2D eigenvalue weighted by molar-refractivity contribution is 0.302. The molecule has 1 heterocycles. The van der Waals surface area contributed by atoms with Gasteiger partial charge in [-0.15, -0.1) is 0 Å². The fourth-order valence-electron chi connectivity index (χ4n) is 3.28. The SMILES string of the molecule is COc1ccc(Cl)cc1CN[C@@H]1CCCN[C@@H]1c1cccc(F)c1.CS(=O)(=O)O.CS(=O)(=O)O. The zero-order chi connectivity index (χ0) is 25.9. The number of benzene rings is 2. The van der Waals surface area contributed by atoms with Crippen LogP contribution in [0.4, 0.5) is 4.39 Å². The van der Waals surface area contributed by atoms with E-state index in [0.717, 1.165) is 36.3 Å². The maximum Gasteiger partial charge on any atom is 0.261 e. The van der Waals surface area contributed by atoms with E-state index in [1.54, 1.807) is 19.2 Å². The first-order chi connectivity index (χ1) is 15.7. The number of piperidine rings is 1. The number of hydrogen-bond acceptors (Lipinski definition) is 7. The minimum absolute atomic E-state index is 0.0969. The Morgan fingerprint density at radius 1 is 1.12 bits per heavy atom. The molecule has 0 spiro atoms. The number of methoxy groups -OCH3 is 1. The van der Waals surface area contributed by atoms with Gasteiger partial charge in [0.1, 0.15) is 11.6 Å². The summed E-state index contributed by atoms with van der Waals surface area (Å²) in [4.78, 5) is 0. The molecule has 0 amide bonds. The Balaban J connectivity index is 0.000000489. The normalized spacial score (nSPS) is 18.1. The van der Waals surface area contributed by atoms with Crippen molar-refractivity contribution in [2.75, 3.05) is 26.2 Å². The predicted octanol–water partition coefficient (Wildman–Crippen LogP) is 3.08. The van der Waals surface area contributed by atoms with Crippen molar-refractivity contribution in [3.05, 3.63) is 64.4 Å². The van der Waals surface area contributed by atoms with Crippen molar-refractivity contribution < 1.29 is 35.1 Å². The van der Waals surface area contributed by atoms with Crippen LogP contribution in [-0.2, 0) is 26.8 Å². The highest BCUT2D eigenvalue weighted by Gasteiger charge is 2.26. The van der Waals surface area contributed by atoms with Crippen LogP contribution in [0, 0.1) is 5.82 Å². The zero-order valence-electron chi connectivity index (χ0n) is 19.0. The Kier molecular flexibility index (Phi) is 12.4. The molecule has 0 aromatic heterocycles. The molecular weight excluding hydrogens is 511 g/mol. The van der Waals surface area contributed by atoms with E-state index in [0.29, 0.717) is 24.1 Å². The van der Waals surface area contributed by atoms with Crippen molar-refractivity contribution in [2.45, 2.75) is 31.5 Å². The van der Waals surface area contributed by atoms with Crippen molar-refractivity contribution in [2.24, 2.45) is 0 Å². The molecule has 1 aliphatic heterocycles. The molecule has 3 rings (SSSR count). The van der Waals surface area contributed by atoms with Crippen molar-refractivity contribution in [3.8, 4) is 5.75 Å². The van der Waals surface area contributed by atoms with Gasteiger partial charge >= 0.3 is 0 Å². The molecule has 9 nitrogen and oxygen atoms in total. The molecule has 0 unspecified atom stereocenters. The molecule has 2 aromatic rings. The lowest BCUT2D eigenvalue weighted by Gasteiger charge is -2.34. The van der Waals surface area contributed by atoms with E-state index in [4.69, 9.17) is 25.4 Å². The maximum absolute atomic E-state index is 13.6. The van der Waals surface area contributed by atoms with Crippen LogP contribution in [0.1, 0.15) is 30.0 Å². The van der Waals surface area contributed by atoms with Gasteiger partial charge in [-0.2, -0.15) is 16.8 Å². The molecular formula is C21H30ClFN2O7S2. The third kappa shape index (κ3) is 13.8. The highest BCUT2D eigenvalue weighted by atomic mass is 35.5. The van der Waals surface area contributed by atoms with Crippen molar-refractivity contribution in [1.29, 1.82) is 0 Å². The summed E-state index contributed by atoms with van der Waals surface area (Å²) in [5.41, 5.74) is 2.00. The molecule has 0 aliphatic carbocycles. The minimum atomic E-state index is -3.67. The number of hydrogen-bond donors (Lipinski definition) is 4. The average molecular weight is 541 g/mol. The Morgan fingerprint density at radius 2 is 1.74 bits per heavy atom. The van der Waals surface area contributed by atoms with Crippen molar-refractivity contribution >= 4 is 31.8 Å². The van der Waals surface area contributed by atoms with Gasteiger partial charge in [-0.05, 0) is 55.3 Å². The molecule has 0 saturated carbocycles. The molecule has 0 radical (unpaired) electrons. The van der Waals surface area contributed by atoms with Crippen molar-refractivity contribution in [3.63, 3.8) is 0 Å². The Morgan fingerprint density at radius 3 is 2.29 bits per heavy atom. The highest BCUT2D eigenvalue weighted by Crippen LogP contribution is 2.26. The smallest absolute Gasteiger partial charge is 0.261 e. The predicted molar refractivity (Wildman–Crippen MR) is 130 cm³/mol. The molecule has 4 N–H and O–H groups in total. The van der Waals surface area contributed by atoms with Crippen LogP contribution in [0.15, 0.2) is 42.5 Å². The monoisotopic (exact) mass is 540 g/mol. The molecule has 34 heavy (non-hydrogen) atoms. The maximum atomic E-state index is 13.6. The molecule has 192 valence electrons. The summed E-state index contributed by atoms with van der Waals surface area (Å²) in [5.74, 6) is 0.619. The van der Waals surface area contributed by atoms with Crippen LogP contribution in [0.5, 0.6) is 5.75 Å². The van der Waals surface area contributed by atoms with E-state index in [9.17, 15) is 21.2 Å². The topological polar surface area (TPSA) is 142 Å². The first-order valence-corrected chi connectivity index (χ1v) is 14.1. The van der Waals surface area contributed by atoms with E-state index in [-0.39, 0.29) is 17.9 Å². The Hall–Kier alpha value is -1.80. The molecule has 13 heteroatoms. The van der Waals surface area contributed by atoms with Crippen LogP contribution < -0.4 is 15.4 Å². The van der Waals surface area contributed by atoms with Crippen LogP contribution in [0.3, 0.4) is 0 Å².